The number of hydrogen-bond donors (Lipinski definition) is 1. The second kappa shape index (κ2) is 7.74. The second-order valence-corrected chi connectivity index (χ2v) is 9.13. The molecular weight excluding hydrogens is 451 g/mol. The van der Waals surface area contributed by atoms with Crippen LogP contribution in [0.3, 0.4) is 0 Å². The maximum absolute atomic E-state index is 12.6. The molecule has 7 heteroatoms. The minimum Gasteiger partial charge on any atom is -0.324 e. The molecule has 2 rings (SSSR count). The smallest absolute Gasteiger partial charge is 0.247 e. The summed E-state index contributed by atoms with van der Waals surface area (Å²) in [5, 5.41) is 2.78. The molecule has 0 unspecified atom stereocenters. The third-order valence-electron chi connectivity index (χ3n) is 3.80. The van der Waals surface area contributed by atoms with Crippen molar-refractivity contribution < 1.29 is 13.2 Å². The Balaban J connectivity index is 2.36. The van der Waals surface area contributed by atoms with Crippen molar-refractivity contribution in [1.82, 2.24) is 0 Å². The molecule has 0 aromatic heterocycles. The highest BCUT2D eigenvalue weighted by Crippen LogP contribution is 2.26. The van der Waals surface area contributed by atoms with Gasteiger partial charge in [0.2, 0.25) is 15.9 Å². The number of carbonyl (C=O) groups is 1. The standard InChI is InChI=1S/C18H21IN2O3S/c1-12-5-6-13(2)17(11-12)21(25(4,23)24)14(3)18(22)20-16-9-7-15(19)8-10-16/h5-11,14H,1-4H3,(H,20,22)/t14-/m0/s1. The molecule has 1 atom stereocenters. The topological polar surface area (TPSA) is 66.5 Å². The molecule has 0 saturated heterocycles. The number of sulfonamides is 1. The van der Waals surface area contributed by atoms with Crippen molar-refractivity contribution in [2.24, 2.45) is 0 Å². The molecule has 1 amide bonds. The number of aryl methyl sites for hydroxylation is 2. The van der Waals surface area contributed by atoms with Gasteiger partial charge in [0, 0.05) is 9.26 Å². The zero-order valence-electron chi connectivity index (χ0n) is 14.6. The predicted octanol–water partition coefficient (Wildman–Crippen LogP) is 3.70. The first-order valence-corrected chi connectivity index (χ1v) is 10.7. The molecule has 5 nitrogen and oxygen atoms in total. The van der Waals surface area contributed by atoms with Crippen LogP contribution in [0.4, 0.5) is 11.4 Å². The Morgan fingerprint density at radius 2 is 1.72 bits per heavy atom. The Morgan fingerprint density at radius 1 is 1.12 bits per heavy atom. The molecule has 0 aliphatic rings. The lowest BCUT2D eigenvalue weighted by Crippen LogP contribution is -2.45. The van der Waals surface area contributed by atoms with E-state index in [1.165, 1.54) is 4.31 Å². The van der Waals surface area contributed by atoms with Gasteiger partial charge in [-0.15, -0.1) is 0 Å². The number of benzene rings is 2. The summed E-state index contributed by atoms with van der Waals surface area (Å²) >= 11 is 2.18. The van der Waals surface area contributed by atoms with Crippen molar-refractivity contribution in [2.45, 2.75) is 26.8 Å². The summed E-state index contributed by atoms with van der Waals surface area (Å²) in [6.07, 6.45) is 1.11. The molecule has 0 aliphatic carbocycles. The van der Waals surface area contributed by atoms with Crippen LogP contribution in [0.5, 0.6) is 0 Å². The van der Waals surface area contributed by atoms with E-state index >= 15 is 0 Å². The van der Waals surface area contributed by atoms with E-state index in [-0.39, 0.29) is 5.91 Å². The maximum Gasteiger partial charge on any atom is 0.247 e. The van der Waals surface area contributed by atoms with E-state index in [2.05, 4.69) is 27.9 Å². The first-order chi connectivity index (χ1) is 11.6. The quantitative estimate of drug-likeness (QED) is 0.676. The van der Waals surface area contributed by atoms with Crippen molar-refractivity contribution in [3.05, 3.63) is 57.2 Å². The predicted molar refractivity (Wildman–Crippen MR) is 110 cm³/mol. The summed E-state index contributed by atoms with van der Waals surface area (Å²) in [6.45, 7) is 5.31. The first kappa shape index (κ1) is 19.7. The second-order valence-electron chi connectivity index (χ2n) is 6.02. The van der Waals surface area contributed by atoms with Crippen LogP contribution in [0.2, 0.25) is 0 Å². The van der Waals surface area contributed by atoms with Crippen LogP contribution in [-0.4, -0.2) is 26.6 Å². The lowest BCUT2D eigenvalue weighted by molar-refractivity contribution is -0.116. The Bertz CT molecular complexity index is 880. The van der Waals surface area contributed by atoms with Crippen LogP contribution in [-0.2, 0) is 14.8 Å². The highest BCUT2D eigenvalue weighted by atomic mass is 127. The van der Waals surface area contributed by atoms with Gasteiger partial charge in [-0.05, 0) is 84.8 Å². The number of halogens is 1. The van der Waals surface area contributed by atoms with Crippen molar-refractivity contribution >= 4 is 49.9 Å². The fraction of sp³-hybridized carbons (Fsp3) is 0.278. The van der Waals surface area contributed by atoms with Crippen LogP contribution in [0.15, 0.2) is 42.5 Å². The third kappa shape index (κ3) is 4.94. The minimum absolute atomic E-state index is 0.382. The number of anilines is 2. The summed E-state index contributed by atoms with van der Waals surface area (Å²) < 4.78 is 27.0. The van der Waals surface area contributed by atoms with E-state index in [9.17, 15) is 13.2 Å². The van der Waals surface area contributed by atoms with Gasteiger partial charge in [-0.3, -0.25) is 9.10 Å². The highest BCUT2D eigenvalue weighted by Gasteiger charge is 2.30. The summed E-state index contributed by atoms with van der Waals surface area (Å²) in [6, 6.07) is 12.0. The molecule has 25 heavy (non-hydrogen) atoms. The van der Waals surface area contributed by atoms with Crippen LogP contribution in [0, 0.1) is 17.4 Å². The average Bonchev–Trinajstić information content (AvgIpc) is 2.51. The van der Waals surface area contributed by atoms with E-state index in [0.717, 1.165) is 21.0 Å². The molecule has 0 saturated carbocycles. The van der Waals surface area contributed by atoms with Gasteiger partial charge < -0.3 is 5.32 Å². The molecule has 0 spiro atoms. The van der Waals surface area contributed by atoms with Crippen LogP contribution in [0.1, 0.15) is 18.1 Å². The lowest BCUT2D eigenvalue weighted by Gasteiger charge is -2.29. The van der Waals surface area contributed by atoms with Gasteiger partial charge in [-0.25, -0.2) is 8.42 Å². The van der Waals surface area contributed by atoms with E-state index in [0.29, 0.717) is 11.4 Å². The van der Waals surface area contributed by atoms with E-state index in [4.69, 9.17) is 0 Å². The molecular formula is C18H21IN2O3S. The van der Waals surface area contributed by atoms with Crippen molar-refractivity contribution in [2.75, 3.05) is 15.9 Å². The average molecular weight is 472 g/mol. The normalized spacial score (nSPS) is 12.5. The summed E-state index contributed by atoms with van der Waals surface area (Å²) in [4.78, 5) is 12.6. The van der Waals surface area contributed by atoms with Gasteiger partial charge in [-0.2, -0.15) is 0 Å². The van der Waals surface area contributed by atoms with Crippen molar-refractivity contribution in [3.63, 3.8) is 0 Å². The summed E-state index contributed by atoms with van der Waals surface area (Å²) in [7, 11) is -3.63. The SMILES string of the molecule is Cc1ccc(C)c(N([C@@H](C)C(=O)Nc2ccc(I)cc2)S(C)(=O)=O)c1. The van der Waals surface area contributed by atoms with Crippen LogP contribution in [0.25, 0.3) is 0 Å². The van der Waals surface area contributed by atoms with Crippen molar-refractivity contribution in [3.8, 4) is 0 Å². The van der Waals surface area contributed by atoms with Gasteiger partial charge in [0.05, 0.1) is 11.9 Å². The number of amides is 1. The highest BCUT2D eigenvalue weighted by molar-refractivity contribution is 14.1. The zero-order valence-corrected chi connectivity index (χ0v) is 17.6. The number of carbonyl (C=O) groups excluding carboxylic acids is 1. The summed E-state index contributed by atoms with van der Waals surface area (Å²) in [5.41, 5.74) is 2.88. The van der Waals surface area contributed by atoms with E-state index < -0.39 is 16.1 Å². The Hall–Kier alpha value is -1.61. The van der Waals surface area contributed by atoms with E-state index in [1.807, 2.05) is 38.1 Å². The number of hydrogen-bond acceptors (Lipinski definition) is 3. The Kier molecular flexibility index (Phi) is 6.10. The fourth-order valence-corrected chi connectivity index (χ4v) is 4.10. The molecule has 0 fully saturated rings. The van der Waals surface area contributed by atoms with Gasteiger partial charge in [0.25, 0.3) is 0 Å². The molecule has 0 bridgehead atoms. The van der Waals surface area contributed by atoms with Gasteiger partial charge in [0.15, 0.2) is 0 Å². The van der Waals surface area contributed by atoms with E-state index in [1.54, 1.807) is 25.1 Å². The number of nitrogens with zero attached hydrogens (tertiary/aromatic N) is 1. The number of rotatable bonds is 5. The molecule has 134 valence electrons. The fourth-order valence-electron chi connectivity index (χ4n) is 2.52. The summed E-state index contributed by atoms with van der Waals surface area (Å²) in [5.74, 6) is -0.382. The molecule has 2 aromatic rings. The molecule has 0 aliphatic heterocycles. The van der Waals surface area contributed by atoms with Gasteiger partial charge in [-0.1, -0.05) is 12.1 Å². The van der Waals surface area contributed by atoms with Crippen LogP contribution < -0.4 is 9.62 Å². The zero-order chi connectivity index (χ0) is 18.8. The van der Waals surface area contributed by atoms with Gasteiger partial charge >= 0.3 is 0 Å². The molecule has 0 heterocycles. The Morgan fingerprint density at radius 3 is 2.28 bits per heavy atom. The molecule has 1 N–H and O–H groups in total. The minimum atomic E-state index is -3.63. The Labute approximate surface area is 162 Å². The van der Waals surface area contributed by atoms with Crippen LogP contribution >= 0.6 is 22.6 Å². The molecule has 0 radical (unpaired) electrons. The molecule has 2 aromatic carbocycles. The van der Waals surface area contributed by atoms with Crippen molar-refractivity contribution in [1.29, 1.82) is 0 Å². The monoisotopic (exact) mass is 472 g/mol. The lowest BCUT2D eigenvalue weighted by atomic mass is 10.1. The maximum atomic E-state index is 12.6. The largest absolute Gasteiger partial charge is 0.324 e. The third-order valence-corrected chi connectivity index (χ3v) is 5.75. The number of nitrogens with one attached hydrogen (secondary N) is 1. The first-order valence-electron chi connectivity index (χ1n) is 7.72. The van der Waals surface area contributed by atoms with Gasteiger partial charge in [0.1, 0.15) is 6.04 Å².